The van der Waals surface area contributed by atoms with Crippen molar-refractivity contribution in [1.29, 1.82) is 0 Å². The Bertz CT molecular complexity index is 319. The van der Waals surface area contributed by atoms with Gasteiger partial charge in [0.05, 0.1) is 5.92 Å². The first kappa shape index (κ1) is 11.4. The van der Waals surface area contributed by atoms with E-state index >= 15 is 0 Å². The van der Waals surface area contributed by atoms with Crippen LogP contribution < -0.4 is 5.32 Å². The number of amides is 3. The van der Waals surface area contributed by atoms with Crippen molar-refractivity contribution in [3.05, 3.63) is 0 Å². The summed E-state index contributed by atoms with van der Waals surface area (Å²) in [5.41, 5.74) is -0.427. The minimum Gasteiger partial charge on any atom is -0.334 e. The van der Waals surface area contributed by atoms with Gasteiger partial charge in [0.2, 0.25) is 5.91 Å². The third-order valence-electron chi connectivity index (χ3n) is 3.49. The van der Waals surface area contributed by atoms with Gasteiger partial charge in [0.1, 0.15) is 0 Å². The van der Waals surface area contributed by atoms with Crippen molar-refractivity contribution >= 4 is 11.9 Å². The van der Waals surface area contributed by atoms with Crippen molar-refractivity contribution in [3.63, 3.8) is 0 Å². The molecule has 90 valence electrons. The molecule has 16 heavy (non-hydrogen) atoms. The molecule has 1 N–H and O–H groups in total. The number of hydrogen-bond donors (Lipinski definition) is 1. The van der Waals surface area contributed by atoms with Crippen molar-refractivity contribution in [2.24, 2.45) is 5.92 Å². The van der Waals surface area contributed by atoms with Gasteiger partial charge in [-0.2, -0.15) is 0 Å². The van der Waals surface area contributed by atoms with Gasteiger partial charge < -0.3 is 5.32 Å². The molecule has 0 aromatic heterocycles. The van der Waals surface area contributed by atoms with Gasteiger partial charge in [-0.1, -0.05) is 12.8 Å². The Morgan fingerprint density at radius 3 is 2.44 bits per heavy atom. The highest BCUT2D eigenvalue weighted by molar-refractivity contribution is 5.99. The maximum absolute atomic E-state index is 12.3. The predicted molar refractivity (Wildman–Crippen MR) is 60.9 cm³/mol. The summed E-state index contributed by atoms with van der Waals surface area (Å²) in [7, 11) is 0. The van der Waals surface area contributed by atoms with Gasteiger partial charge in [0, 0.05) is 11.6 Å². The number of carbonyl (C=O) groups excluding carboxylic acids is 2. The number of nitrogens with one attached hydrogen (secondary N) is 1. The van der Waals surface area contributed by atoms with E-state index in [0.717, 1.165) is 25.7 Å². The fraction of sp³-hybridized carbons (Fsp3) is 0.833. The van der Waals surface area contributed by atoms with Crippen LogP contribution in [0.5, 0.6) is 0 Å². The normalized spacial score (nSPS) is 31.1. The third-order valence-corrected chi connectivity index (χ3v) is 3.49. The van der Waals surface area contributed by atoms with E-state index in [1.165, 1.54) is 4.90 Å². The summed E-state index contributed by atoms with van der Waals surface area (Å²) in [5, 5.41) is 2.97. The molecule has 1 saturated carbocycles. The number of nitrogens with zero attached hydrogens (tertiary/aromatic N) is 1. The highest BCUT2D eigenvalue weighted by Crippen LogP contribution is 2.31. The average Bonchev–Trinajstić information content (AvgIpc) is 2.15. The van der Waals surface area contributed by atoms with Gasteiger partial charge in [-0.3, -0.25) is 9.69 Å². The number of fused-ring (bicyclic) bond motifs is 1. The summed E-state index contributed by atoms with van der Waals surface area (Å²) in [5.74, 6) is 0.0200. The molecule has 1 aliphatic heterocycles. The molecule has 0 bridgehead atoms. The molecule has 4 nitrogen and oxygen atoms in total. The molecular formula is C12H20N2O2. The maximum Gasteiger partial charge on any atom is 0.324 e. The van der Waals surface area contributed by atoms with Crippen molar-refractivity contribution in [1.82, 2.24) is 10.2 Å². The summed E-state index contributed by atoms with van der Waals surface area (Å²) < 4.78 is 0. The van der Waals surface area contributed by atoms with Crippen LogP contribution in [0.15, 0.2) is 0 Å². The Balaban J connectivity index is 2.24. The van der Waals surface area contributed by atoms with E-state index in [2.05, 4.69) is 5.32 Å². The lowest BCUT2D eigenvalue weighted by Gasteiger charge is -2.44. The number of carbonyl (C=O) groups is 2. The molecule has 0 aromatic rings. The first-order valence-electron chi connectivity index (χ1n) is 6.06. The fourth-order valence-corrected chi connectivity index (χ4v) is 2.72. The minimum absolute atomic E-state index is 0.00525. The van der Waals surface area contributed by atoms with Gasteiger partial charge in [0.25, 0.3) is 0 Å². The van der Waals surface area contributed by atoms with Gasteiger partial charge in [-0.05, 0) is 33.6 Å². The summed E-state index contributed by atoms with van der Waals surface area (Å²) in [6, 6.07) is -0.145. The van der Waals surface area contributed by atoms with Crippen LogP contribution >= 0.6 is 0 Å². The van der Waals surface area contributed by atoms with Crippen molar-refractivity contribution < 1.29 is 9.59 Å². The molecule has 1 heterocycles. The van der Waals surface area contributed by atoms with Crippen molar-refractivity contribution in [3.8, 4) is 0 Å². The van der Waals surface area contributed by atoms with Gasteiger partial charge >= 0.3 is 6.03 Å². The van der Waals surface area contributed by atoms with E-state index in [1.54, 1.807) is 0 Å². The lowest BCUT2D eigenvalue weighted by Crippen LogP contribution is -2.65. The molecule has 1 aliphatic carbocycles. The fourth-order valence-electron chi connectivity index (χ4n) is 2.72. The van der Waals surface area contributed by atoms with Crippen LogP contribution in [0.1, 0.15) is 46.5 Å². The lowest BCUT2D eigenvalue weighted by molar-refractivity contribution is -0.140. The van der Waals surface area contributed by atoms with Crippen LogP contribution in [0.4, 0.5) is 4.79 Å². The largest absolute Gasteiger partial charge is 0.334 e. The molecule has 2 fully saturated rings. The van der Waals surface area contributed by atoms with Crippen LogP contribution in [0.2, 0.25) is 0 Å². The lowest BCUT2D eigenvalue weighted by atomic mass is 9.81. The second-order valence-corrected chi connectivity index (χ2v) is 5.79. The van der Waals surface area contributed by atoms with Crippen molar-refractivity contribution in [2.45, 2.75) is 58.0 Å². The van der Waals surface area contributed by atoms with E-state index in [1.807, 2.05) is 20.8 Å². The minimum atomic E-state index is -0.427. The maximum atomic E-state index is 12.3. The zero-order valence-electron chi connectivity index (χ0n) is 10.2. The summed E-state index contributed by atoms with van der Waals surface area (Å²) in [6.07, 6.45) is 4.07. The molecule has 2 atom stereocenters. The molecule has 0 aromatic carbocycles. The zero-order chi connectivity index (χ0) is 11.9. The van der Waals surface area contributed by atoms with Crippen LogP contribution in [0.25, 0.3) is 0 Å². The number of rotatable bonds is 0. The second kappa shape index (κ2) is 3.75. The first-order valence-corrected chi connectivity index (χ1v) is 6.06. The summed E-state index contributed by atoms with van der Waals surface area (Å²) in [4.78, 5) is 25.6. The molecule has 2 rings (SSSR count). The Kier molecular flexibility index (Phi) is 2.68. The van der Waals surface area contributed by atoms with Gasteiger partial charge in [-0.15, -0.1) is 0 Å². The van der Waals surface area contributed by atoms with E-state index in [4.69, 9.17) is 0 Å². The number of imide groups is 1. The molecule has 1 saturated heterocycles. The number of hydrogen-bond acceptors (Lipinski definition) is 2. The smallest absolute Gasteiger partial charge is 0.324 e. The number of urea groups is 1. The Labute approximate surface area is 96.4 Å². The van der Waals surface area contributed by atoms with Crippen LogP contribution in [0.3, 0.4) is 0 Å². The quantitative estimate of drug-likeness (QED) is 0.683. The van der Waals surface area contributed by atoms with Gasteiger partial charge in [0.15, 0.2) is 0 Å². The SMILES string of the molecule is CC(C)(C)N1C(=O)NC2CCCCC2C1=O. The molecule has 0 spiro atoms. The van der Waals surface area contributed by atoms with E-state index < -0.39 is 5.54 Å². The van der Waals surface area contributed by atoms with Gasteiger partial charge in [-0.25, -0.2) is 4.79 Å². The molecule has 0 radical (unpaired) electrons. The molecule has 2 aliphatic rings. The second-order valence-electron chi connectivity index (χ2n) is 5.79. The van der Waals surface area contributed by atoms with Crippen LogP contribution in [-0.4, -0.2) is 28.4 Å². The monoisotopic (exact) mass is 224 g/mol. The first-order chi connectivity index (χ1) is 7.41. The molecular weight excluding hydrogens is 204 g/mol. The molecule has 4 heteroatoms. The highest BCUT2D eigenvalue weighted by atomic mass is 16.2. The average molecular weight is 224 g/mol. The topological polar surface area (TPSA) is 49.4 Å². The predicted octanol–water partition coefficient (Wildman–Crippen LogP) is 1.90. The van der Waals surface area contributed by atoms with E-state index in [9.17, 15) is 9.59 Å². The van der Waals surface area contributed by atoms with Crippen LogP contribution in [-0.2, 0) is 4.79 Å². The summed E-state index contributed by atoms with van der Waals surface area (Å²) in [6.45, 7) is 5.69. The Hall–Kier alpha value is -1.06. The third kappa shape index (κ3) is 1.81. The summed E-state index contributed by atoms with van der Waals surface area (Å²) >= 11 is 0. The standard InChI is InChI=1S/C12H20N2O2/c1-12(2,3)14-10(15)8-6-4-5-7-9(8)13-11(14)16/h8-9H,4-7H2,1-3H3,(H,13,16). The zero-order valence-corrected chi connectivity index (χ0v) is 10.2. The highest BCUT2D eigenvalue weighted by Gasteiger charge is 2.45. The Morgan fingerprint density at radius 1 is 1.19 bits per heavy atom. The van der Waals surface area contributed by atoms with Crippen LogP contribution in [0, 0.1) is 5.92 Å². The van der Waals surface area contributed by atoms with E-state index in [0.29, 0.717) is 0 Å². The molecule has 2 unspecified atom stereocenters. The molecule has 3 amide bonds. The van der Waals surface area contributed by atoms with E-state index in [-0.39, 0.29) is 23.9 Å². The Morgan fingerprint density at radius 2 is 1.81 bits per heavy atom. The van der Waals surface area contributed by atoms with Crippen molar-refractivity contribution in [2.75, 3.05) is 0 Å².